The minimum atomic E-state index is -1.73. The van der Waals surface area contributed by atoms with Crippen LogP contribution in [0.4, 0.5) is 0 Å². The quantitative estimate of drug-likeness (QED) is 0.0166. The maximum absolute atomic E-state index is 14.1. The van der Waals surface area contributed by atoms with Crippen LogP contribution in [-0.4, -0.2) is 230 Å². The summed E-state index contributed by atoms with van der Waals surface area (Å²) in [5.74, 6) is -11.7. The molecule has 2 aromatic carbocycles. The van der Waals surface area contributed by atoms with Crippen LogP contribution in [0.1, 0.15) is 102 Å². The number of carbonyl (C=O) groups excluding carboxylic acids is 13. The summed E-state index contributed by atoms with van der Waals surface area (Å²) in [6.07, 6.45) is 0.854. The predicted octanol–water partition coefficient (Wildman–Crippen LogP) is -8.74. The predicted molar refractivity (Wildman–Crippen MR) is 367 cm³/mol. The zero-order chi connectivity index (χ0) is 74.3. The van der Waals surface area contributed by atoms with Crippen molar-refractivity contribution in [1.82, 2.24) is 68.7 Å². The number of primary amides is 1. The van der Waals surface area contributed by atoms with E-state index in [4.69, 9.17) is 40.1 Å². The summed E-state index contributed by atoms with van der Waals surface area (Å²) in [6, 6.07) is 3.45. The van der Waals surface area contributed by atoms with Gasteiger partial charge in [-0.2, -0.15) is 0 Å². The molecule has 37 nitrogen and oxygen atoms in total. The summed E-state index contributed by atoms with van der Waals surface area (Å²) in [6.45, 7) is 2.67. The fourth-order valence-corrected chi connectivity index (χ4v) is 10.0. The Morgan fingerprint density at radius 3 is 1.43 bits per heavy atom. The molecule has 13 amide bonds. The van der Waals surface area contributed by atoms with Crippen LogP contribution in [0.5, 0.6) is 0 Å². The number of nitrogens with two attached hydrogens (primary N) is 7. The van der Waals surface area contributed by atoms with Crippen molar-refractivity contribution >= 4 is 88.7 Å². The number of hydrogen-bond acceptors (Lipinski definition) is 20. The first kappa shape index (κ1) is 84.1. The van der Waals surface area contributed by atoms with Gasteiger partial charge in [0.25, 0.3) is 0 Å². The average Bonchev–Trinajstić information content (AvgIpc) is 0.948. The molecule has 0 saturated carbocycles. The van der Waals surface area contributed by atoms with Gasteiger partial charge in [-0.15, -0.1) is 0 Å². The minimum absolute atomic E-state index is 0.0216. The molecule has 554 valence electrons. The molecule has 0 bridgehead atoms. The zero-order valence-electron chi connectivity index (χ0n) is 56.8. The Morgan fingerprint density at radius 1 is 0.460 bits per heavy atom. The smallest absolute Gasteiger partial charge is 0.245 e. The lowest BCUT2D eigenvalue weighted by Gasteiger charge is -2.28. The number of nitrogens with one attached hydrogen (secondary N) is 12. The lowest BCUT2D eigenvalue weighted by Crippen LogP contribution is -2.60. The van der Waals surface area contributed by atoms with Gasteiger partial charge in [0.15, 0.2) is 11.9 Å². The normalized spacial score (nSPS) is 14.7. The van der Waals surface area contributed by atoms with E-state index < -0.39 is 164 Å². The van der Waals surface area contributed by atoms with E-state index in [1.807, 2.05) is 29.2 Å². The van der Waals surface area contributed by atoms with Gasteiger partial charge in [0.05, 0.1) is 38.9 Å². The van der Waals surface area contributed by atoms with Gasteiger partial charge in [0.2, 0.25) is 76.8 Å². The summed E-state index contributed by atoms with van der Waals surface area (Å²) >= 11 is 0. The molecule has 10 atom stereocenters. The summed E-state index contributed by atoms with van der Waals surface area (Å²) in [7, 11) is 0. The van der Waals surface area contributed by atoms with E-state index in [0.717, 1.165) is 12.0 Å². The number of carbonyl (C=O) groups is 13. The molecule has 100 heavy (non-hydrogen) atoms. The van der Waals surface area contributed by atoms with Crippen LogP contribution in [0, 0.1) is 0 Å². The number of hydrogen-bond donors (Lipinski definition) is 21. The number of nitrogens with zero attached hydrogens (tertiary/aromatic N) is 3. The van der Waals surface area contributed by atoms with E-state index in [1.165, 1.54) is 26.3 Å². The summed E-state index contributed by atoms with van der Waals surface area (Å²) < 4.78 is 0. The highest BCUT2D eigenvalue weighted by atomic mass is 16.3. The lowest BCUT2D eigenvalue weighted by molar-refractivity contribution is -0.136. The average molecular weight is 1410 g/mol. The van der Waals surface area contributed by atoms with Gasteiger partial charge >= 0.3 is 0 Å². The molecule has 28 N–H and O–H groups in total. The lowest BCUT2D eigenvalue weighted by atomic mass is 10.00. The first-order valence-corrected chi connectivity index (χ1v) is 33.0. The third-order valence-corrected chi connectivity index (χ3v) is 15.6. The van der Waals surface area contributed by atoms with Crippen molar-refractivity contribution in [2.45, 2.75) is 165 Å². The molecule has 0 radical (unpaired) electrons. The highest BCUT2D eigenvalue weighted by molar-refractivity contribution is 5.99. The molecule has 37 heteroatoms. The molecule has 1 aliphatic rings. The van der Waals surface area contributed by atoms with Crippen LogP contribution in [0.2, 0.25) is 0 Å². The minimum Gasteiger partial charge on any atom is -0.394 e. The van der Waals surface area contributed by atoms with E-state index in [-0.39, 0.29) is 89.5 Å². The molecule has 1 aliphatic heterocycles. The largest absolute Gasteiger partial charge is 0.394 e. The molecule has 0 aromatic heterocycles. The van der Waals surface area contributed by atoms with Crippen LogP contribution in [0.3, 0.4) is 0 Å². The molecule has 3 rings (SSSR count). The maximum atomic E-state index is 14.1. The van der Waals surface area contributed by atoms with E-state index in [2.05, 4.69) is 73.8 Å². The highest BCUT2D eigenvalue weighted by Gasteiger charge is 2.35. The Morgan fingerprint density at radius 2 is 0.900 bits per heavy atom. The third-order valence-electron chi connectivity index (χ3n) is 15.6. The second kappa shape index (κ2) is 45.5. The van der Waals surface area contributed by atoms with Crippen LogP contribution in [0.25, 0.3) is 0 Å². The molecular weight excluding hydrogens is 1300 g/mol. The molecule has 0 fully saturated rings. The van der Waals surface area contributed by atoms with Gasteiger partial charge in [-0.1, -0.05) is 54.6 Å². The van der Waals surface area contributed by atoms with Crippen molar-refractivity contribution in [3.63, 3.8) is 0 Å². The van der Waals surface area contributed by atoms with Crippen molar-refractivity contribution in [2.24, 2.45) is 50.1 Å². The summed E-state index contributed by atoms with van der Waals surface area (Å²) in [5, 5.41) is 50.4. The highest BCUT2D eigenvalue weighted by Crippen LogP contribution is 2.18. The van der Waals surface area contributed by atoms with Gasteiger partial charge in [0.1, 0.15) is 54.4 Å². The molecular formula is C63H102N22O15. The number of benzene rings is 2. The molecule has 0 aliphatic carbocycles. The van der Waals surface area contributed by atoms with Crippen molar-refractivity contribution in [2.75, 3.05) is 65.5 Å². The van der Waals surface area contributed by atoms with Crippen LogP contribution >= 0.6 is 0 Å². The Bertz CT molecular complexity index is 3120. The van der Waals surface area contributed by atoms with Crippen LogP contribution < -0.4 is 104 Å². The number of fused-ring (bicyclic) bond motifs is 1. The fraction of sp³-hybridized carbons (Fsp3) is 0.571. The molecule has 0 saturated heterocycles. The Hall–Kier alpha value is -10.1. The number of rotatable bonds is 46. The van der Waals surface area contributed by atoms with Gasteiger partial charge in [0, 0.05) is 32.6 Å². The molecule has 2 aromatic rings. The van der Waals surface area contributed by atoms with Crippen LogP contribution in [-0.2, 0) is 81.7 Å². The van der Waals surface area contributed by atoms with Gasteiger partial charge < -0.3 is 114 Å². The molecule has 0 spiro atoms. The van der Waals surface area contributed by atoms with Crippen LogP contribution in [0.15, 0.2) is 64.6 Å². The van der Waals surface area contributed by atoms with Crippen molar-refractivity contribution in [3.8, 4) is 0 Å². The van der Waals surface area contributed by atoms with E-state index >= 15 is 0 Å². The SMILES string of the molecule is C[C@H](NC(=O)CNC(=O)[C@@H](NC(=O)[C@H](Cc1ccccc1)NC(=O)CNC(=O)CNC(=O)CN1CCc2ccccc2C1)[C@@H](C)O)C(=O)N[C@@H](CCCN=C(N)N)C(=O)N[C@@H](CCCCN)C(=O)N[C@@H](CO)C(=O)N[C@@H](C)C(=O)N[C@@H](CCCN=C(N)N)C(=O)N[C@@H](CCCCN)C(N)=O. The molecule has 0 unspecified atom stereocenters. The number of guanidine groups is 2. The van der Waals surface area contributed by atoms with Gasteiger partial charge in [-0.05, 0) is 121 Å². The van der Waals surface area contributed by atoms with Gasteiger partial charge in [-0.25, -0.2) is 0 Å². The van der Waals surface area contributed by atoms with E-state index in [1.54, 1.807) is 30.3 Å². The van der Waals surface area contributed by atoms with Crippen molar-refractivity contribution in [3.05, 3.63) is 71.3 Å². The van der Waals surface area contributed by atoms with E-state index in [0.29, 0.717) is 44.5 Å². The third kappa shape index (κ3) is 32.5. The second-order valence-electron chi connectivity index (χ2n) is 23.9. The standard InChI is InChI=1S/C63H102N22O15/c1-36(76-49(89)32-75-61(100)52(38(3)87)84-59(98)46(29-39-15-5-4-6-16-39)78-50(90)31-73-48(88)30-74-51(91)34-85-28-23-40-17-7-8-18-41(40)33-85)54(93)80-45(22-14-27-72-63(69)70)57(96)82-43(20-10-12-25-65)58(97)83-47(35-86)60(99)77-37(2)55(94)81-44(21-13-26-71-62(67)68)56(95)79-42(53(66)92)19-9-11-24-64/h4-8,15-18,36-38,42-47,52,86-87H,9-14,19-35,64-65H2,1-3H3,(H2,66,92)(H,73,88)(H,74,91)(H,75,100)(H,76,89)(H,77,99)(H,78,90)(H,79,95)(H,80,93)(H,81,94)(H,82,96)(H,83,97)(H,84,98)(H4,67,68,71)(H4,69,70,72)/t36-,37-,38+,42-,43-,44-,45-,46-,47-,52-/m0/s1. The summed E-state index contributed by atoms with van der Waals surface area (Å²) in [5.41, 5.74) is 41.6. The van der Waals surface area contributed by atoms with Gasteiger partial charge in [-0.3, -0.25) is 77.2 Å². The second-order valence-corrected chi connectivity index (χ2v) is 23.9. The first-order chi connectivity index (χ1) is 47.5. The first-order valence-electron chi connectivity index (χ1n) is 33.0. The number of aliphatic hydroxyl groups excluding tert-OH is 2. The van der Waals surface area contributed by atoms with E-state index in [9.17, 15) is 72.5 Å². The number of unbranched alkanes of at least 4 members (excludes halogenated alkanes) is 2. The summed E-state index contributed by atoms with van der Waals surface area (Å²) in [4.78, 5) is 184. The number of amides is 13. The topological polar surface area (TPSA) is 617 Å². The van der Waals surface area contributed by atoms with Crippen molar-refractivity contribution < 1.29 is 72.5 Å². The molecule has 1 heterocycles. The Labute approximate surface area is 579 Å². The fourth-order valence-electron chi connectivity index (χ4n) is 10.0. The number of aliphatic hydroxyl groups is 2. The Kier molecular flexibility index (Phi) is 38.2. The monoisotopic (exact) mass is 1410 g/mol. The maximum Gasteiger partial charge on any atom is 0.245 e. The Balaban J connectivity index is 1.65. The van der Waals surface area contributed by atoms with Crippen molar-refractivity contribution in [1.29, 1.82) is 0 Å². The zero-order valence-corrected chi connectivity index (χ0v) is 56.8. The number of aliphatic imine (C=N–C) groups is 2.